The second-order valence-corrected chi connectivity index (χ2v) is 6.48. The molecule has 1 heterocycles. The van der Waals surface area contributed by atoms with Gasteiger partial charge >= 0.3 is 0 Å². The van der Waals surface area contributed by atoms with Crippen LogP contribution in [0.5, 0.6) is 0 Å². The molecule has 23 heavy (non-hydrogen) atoms. The minimum Gasteiger partial charge on any atom is -0.340 e. The van der Waals surface area contributed by atoms with Crippen molar-refractivity contribution in [3.63, 3.8) is 0 Å². The van der Waals surface area contributed by atoms with Crippen LogP contribution in [0.2, 0.25) is 0 Å². The Kier molecular flexibility index (Phi) is 4.61. The third-order valence-corrected chi connectivity index (χ3v) is 4.61. The predicted molar refractivity (Wildman–Crippen MR) is 85.3 cm³/mol. The van der Waals surface area contributed by atoms with Crippen molar-refractivity contribution in [1.82, 2.24) is 9.80 Å². The van der Waals surface area contributed by atoms with Gasteiger partial charge in [0.05, 0.1) is 6.54 Å². The van der Waals surface area contributed by atoms with Crippen LogP contribution in [0.25, 0.3) is 0 Å². The molecule has 0 radical (unpaired) electrons. The molecule has 1 aromatic rings. The van der Waals surface area contributed by atoms with Gasteiger partial charge in [0.1, 0.15) is 5.82 Å². The largest absolute Gasteiger partial charge is 0.340 e. The molecule has 1 aliphatic carbocycles. The average molecular weight is 319 g/mol. The zero-order valence-corrected chi connectivity index (χ0v) is 13.3. The van der Waals surface area contributed by atoms with Gasteiger partial charge in [-0.1, -0.05) is 6.92 Å². The highest BCUT2D eigenvalue weighted by Gasteiger charge is 2.41. The molecule has 2 amide bonds. The van der Waals surface area contributed by atoms with E-state index in [9.17, 15) is 14.0 Å². The number of hydrogen-bond acceptors (Lipinski definition) is 3. The zero-order chi connectivity index (χ0) is 16.4. The van der Waals surface area contributed by atoms with Gasteiger partial charge in [-0.3, -0.25) is 14.5 Å². The summed E-state index contributed by atoms with van der Waals surface area (Å²) in [5.41, 5.74) is 0.591. The van der Waals surface area contributed by atoms with Crippen molar-refractivity contribution in [2.75, 3.05) is 38.0 Å². The van der Waals surface area contributed by atoms with Gasteiger partial charge in [0.2, 0.25) is 11.8 Å². The lowest BCUT2D eigenvalue weighted by Gasteiger charge is -2.34. The Balaban J connectivity index is 1.42. The van der Waals surface area contributed by atoms with Crippen molar-refractivity contribution in [3.05, 3.63) is 30.1 Å². The second kappa shape index (κ2) is 6.66. The maximum Gasteiger partial charge on any atom is 0.238 e. The van der Waals surface area contributed by atoms with Crippen LogP contribution >= 0.6 is 0 Å². The number of hydrogen-bond donors (Lipinski definition) is 1. The van der Waals surface area contributed by atoms with Crippen LogP contribution in [0.1, 0.15) is 13.3 Å². The summed E-state index contributed by atoms with van der Waals surface area (Å²) in [7, 11) is 0. The van der Waals surface area contributed by atoms with Crippen LogP contribution in [0.3, 0.4) is 0 Å². The van der Waals surface area contributed by atoms with Crippen molar-refractivity contribution in [3.8, 4) is 0 Å². The Labute approximate surface area is 135 Å². The summed E-state index contributed by atoms with van der Waals surface area (Å²) < 4.78 is 12.8. The summed E-state index contributed by atoms with van der Waals surface area (Å²) in [6.07, 6.45) is 1.01. The van der Waals surface area contributed by atoms with E-state index in [2.05, 4.69) is 12.2 Å². The quantitative estimate of drug-likeness (QED) is 0.916. The summed E-state index contributed by atoms with van der Waals surface area (Å²) in [6, 6.07) is 5.72. The molecule has 1 aromatic carbocycles. The first-order valence-corrected chi connectivity index (χ1v) is 8.09. The van der Waals surface area contributed by atoms with Gasteiger partial charge in [0.15, 0.2) is 0 Å². The highest BCUT2D eigenvalue weighted by molar-refractivity contribution is 5.92. The first-order chi connectivity index (χ1) is 11.0. The molecule has 1 aliphatic heterocycles. The molecular weight excluding hydrogens is 297 g/mol. The Morgan fingerprint density at radius 2 is 1.78 bits per heavy atom. The lowest BCUT2D eigenvalue weighted by atomic mass is 10.2. The molecule has 2 atom stereocenters. The lowest BCUT2D eigenvalue weighted by molar-refractivity contribution is -0.134. The Hall–Kier alpha value is -1.95. The van der Waals surface area contributed by atoms with E-state index < -0.39 is 0 Å². The number of amides is 2. The number of carbonyl (C=O) groups is 2. The van der Waals surface area contributed by atoms with E-state index in [0.29, 0.717) is 44.3 Å². The maximum atomic E-state index is 12.8. The third kappa shape index (κ3) is 4.07. The Bertz CT molecular complexity index is 582. The highest BCUT2D eigenvalue weighted by Crippen LogP contribution is 2.39. The summed E-state index contributed by atoms with van der Waals surface area (Å²) in [5.74, 6) is 0.583. The minimum atomic E-state index is -0.325. The van der Waals surface area contributed by atoms with Gasteiger partial charge < -0.3 is 10.2 Å². The number of anilines is 1. The second-order valence-electron chi connectivity index (χ2n) is 6.48. The fourth-order valence-electron chi connectivity index (χ4n) is 2.96. The number of halogens is 1. The number of nitrogens with zero attached hydrogens (tertiary/aromatic N) is 2. The fraction of sp³-hybridized carbons (Fsp3) is 0.529. The SMILES string of the molecule is C[C@@H]1C[C@@H]1C(=O)N1CCN(CC(=O)Nc2ccc(F)cc2)CC1. The molecule has 1 saturated heterocycles. The van der Waals surface area contributed by atoms with Gasteiger partial charge in [-0.2, -0.15) is 0 Å². The summed E-state index contributed by atoms with van der Waals surface area (Å²) >= 11 is 0. The molecular formula is C17H22FN3O2. The predicted octanol–water partition coefficient (Wildman–Crippen LogP) is 1.56. The minimum absolute atomic E-state index is 0.118. The van der Waals surface area contributed by atoms with Gasteiger partial charge in [-0.25, -0.2) is 4.39 Å². The standard InChI is InChI=1S/C17H22FN3O2/c1-12-10-15(12)17(23)21-8-6-20(7-9-21)11-16(22)19-14-4-2-13(18)3-5-14/h2-5,12,15H,6-11H2,1H3,(H,19,22)/t12-,15+/m1/s1. The smallest absolute Gasteiger partial charge is 0.238 e. The van der Waals surface area contributed by atoms with Crippen molar-refractivity contribution in [2.45, 2.75) is 13.3 Å². The van der Waals surface area contributed by atoms with Gasteiger partial charge in [0.25, 0.3) is 0 Å². The molecule has 1 saturated carbocycles. The first kappa shape index (κ1) is 15.9. The monoisotopic (exact) mass is 319 g/mol. The van der Waals surface area contributed by atoms with Crippen LogP contribution in [-0.2, 0) is 9.59 Å². The summed E-state index contributed by atoms with van der Waals surface area (Å²) in [4.78, 5) is 28.1. The maximum absolute atomic E-state index is 12.8. The molecule has 5 nitrogen and oxygen atoms in total. The number of rotatable bonds is 4. The Morgan fingerprint density at radius 3 is 2.35 bits per heavy atom. The average Bonchev–Trinajstić information content (AvgIpc) is 3.26. The highest BCUT2D eigenvalue weighted by atomic mass is 19.1. The van der Waals surface area contributed by atoms with E-state index in [0.717, 1.165) is 6.42 Å². The Morgan fingerprint density at radius 1 is 1.17 bits per heavy atom. The van der Waals surface area contributed by atoms with Crippen LogP contribution in [0, 0.1) is 17.7 Å². The third-order valence-electron chi connectivity index (χ3n) is 4.61. The molecule has 2 aliphatic rings. The van der Waals surface area contributed by atoms with Crippen molar-refractivity contribution < 1.29 is 14.0 Å². The van der Waals surface area contributed by atoms with Gasteiger partial charge in [-0.15, -0.1) is 0 Å². The van der Waals surface area contributed by atoms with Crippen LogP contribution in [-0.4, -0.2) is 54.3 Å². The van der Waals surface area contributed by atoms with Gasteiger partial charge in [-0.05, 0) is 36.6 Å². The molecule has 1 N–H and O–H groups in total. The van der Waals surface area contributed by atoms with Crippen LogP contribution in [0.15, 0.2) is 24.3 Å². The van der Waals surface area contributed by atoms with Crippen LogP contribution in [0.4, 0.5) is 10.1 Å². The topological polar surface area (TPSA) is 52.7 Å². The van der Waals surface area contributed by atoms with Gasteiger partial charge in [0, 0.05) is 37.8 Å². The number of carbonyl (C=O) groups excluding carboxylic acids is 2. The molecule has 124 valence electrons. The van der Waals surface area contributed by atoms with E-state index in [1.807, 2.05) is 9.80 Å². The summed E-state index contributed by atoms with van der Waals surface area (Å²) in [6.45, 7) is 5.20. The molecule has 3 rings (SSSR count). The number of benzene rings is 1. The zero-order valence-electron chi connectivity index (χ0n) is 13.3. The van der Waals surface area contributed by atoms with E-state index in [4.69, 9.17) is 0 Å². The first-order valence-electron chi connectivity index (χ1n) is 8.09. The van der Waals surface area contributed by atoms with E-state index in [1.54, 1.807) is 12.1 Å². The normalized spacial score (nSPS) is 24.3. The molecule has 0 unspecified atom stereocenters. The van der Waals surface area contributed by atoms with E-state index >= 15 is 0 Å². The van der Waals surface area contributed by atoms with Crippen LogP contribution < -0.4 is 5.32 Å². The molecule has 6 heteroatoms. The van der Waals surface area contributed by atoms with E-state index in [1.165, 1.54) is 12.1 Å². The summed E-state index contributed by atoms with van der Waals surface area (Å²) in [5, 5.41) is 2.76. The lowest BCUT2D eigenvalue weighted by Crippen LogP contribution is -2.51. The number of nitrogens with one attached hydrogen (secondary N) is 1. The molecule has 2 fully saturated rings. The van der Waals surface area contributed by atoms with Crippen molar-refractivity contribution in [1.29, 1.82) is 0 Å². The van der Waals surface area contributed by atoms with Crippen molar-refractivity contribution in [2.24, 2.45) is 11.8 Å². The molecule has 0 aromatic heterocycles. The molecule has 0 bridgehead atoms. The van der Waals surface area contributed by atoms with E-state index in [-0.39, 0.29) is 23.5 Å². The molecule has 0 spiro atoms. The fourth-order valence-corrected chi connectivity index (χ4v) is 2.96. The number of piperazine rings is 1. The van der Waals surface area contributed by atoms with Crippen molar-refractivity contribution >= 4 is 17.5 Å².